The summed E-state index contributed by atoms with van der Waals surface area (Å²) in [6.07, 6.45) is 0. The van der Waals surface area contributed by atoms with Crippen LogP contribution in [-0.2, 0) is 9.53 Å². The third-order valence-corrected chi connectivity index (χ3v) is 1.37. The highest BCUT2D eigenvalue weighted by Gasteiger charge is 2.20. The van der Waals surface area contributed by atoms with Gasteiger partial charge in [-0.2, -0.15) is 5.26 Å². The van der Waals surface area contributed by atoms with Crippen LogP contribution in [0.1, 0.15) is 34.6 Å². The topological polar surface area (TPSA) is 62.1 Å². The van der Waals surface area contributed by atoms with Gasteiger partial charge in [-0.3, -0.25) is 10.1 Å². The van der Waals surface area contributed by atoms with Crippen LogP contribution in [0.15, 0.2) is 0 Å². The Balaban J connectivity index is 3.95. The van der Waals surface area contributed by atoms with Crippen LogP contribution in [-0.4, -0.2) is 23.7 Å². The number of rotatable bonds is 3. The number of hydrogen-bond acceptors (Lipinski definition) is 4. The van der Waals surface area contributed by atoms with Crippen molar-refractivity contribution in [3.63, 3.8) is 0 Å². The first-order chi connectivity index (χ1) is 6.16. The van der Waals surface area contributed by atoms with Gasteiger partial charge in [-0.05, 0) is 34.6 Å². The molecule has 0 radical (unpaired) electrons. The molecule has 0 heterocycles. The van der Waals surface area contributed by atoms with Gasteiger partial charge >= 0.3 is 5.97 Å². The molecular weight excluding hydrogens is 180 g/mol. The van der Waals surface area contributed by atoms with Gasteiger partial charge in [0.05, 0.1) is 12.6 Å². The summed E-state index contributed by atoms with van der Waals surface area (Å²) in [5.41, 5.74) is -1.17. The zero-order valence-electron chi connectivity index (χ0n) is 9.47. The first-order valence-electron chi connectivity index (χ1n) is 4.54. The lowest BCUT2D eigenvalue weighted by atomic mass is 10.1. The van der Waals surface area contributed by atoms with E-state index in [1.165, 1.54) is 0 Å². The predicted octanol–water partition coefficient (Wildman–Crippen LogP) is 1.22. The second-order valence-corrected chi connectivity index (χ2v) is 4.68. The molecule has 0 bridgehead atoms. The number of hydrogen-bond donors (Lipinski definition) is 1. The van der Waals surface area contributed by atoms with Gasteiger partial charge in [0.2, 0.25) is 0 Å². The van der Waals surface area contributed by atoms with Crippen LogP contribution in [0.4, 0.5) is 0 Å². The van der Waals surface area contributed by atoms with E-state index >= 15 is 0 Å². The van der Waals surface area contributed by atoms with Crippen molar-refractivity contribution >= 4 is 5.97 Å². The van der Waals surface area contributed by atoms with Crippen LogP contribution in [0.3, 0.4) is 0 Å². The molecule has 0 fully saturated rings. The van der Waals surface area contributed by atoms with E-state index in [4.69, 9.17) is 10.00 Å². The van der Waals surface area contributed by atoms with Crippen molar-refractivity contribution in [2.45, 2.75) is 45.8 Å². The summed E-state index contributed by atoms with van der Waals surface area (Å²) in [6.45, 7) is 8.88. The molecule has 0 rings (SSSR count). The largest absolute Gasteiger partial charge is 0.459 e. The van der Waals surface area contributed by atoms with E-state index in [1.807, 2.05) is 6.07 Å². The van der Waals surface area contributed by atoms with Crippen molar-refractivity contribution in [1.29, 1.82) is 5.26 Å². The standard InChI is InChI=1S/C10H18N2O2/c1-9(2,3)14-8(13)6-12-10(4,5)7-11/h12H,6H2,1-5H3. The second-order valence-electron chi connectivity index (χ2n) is 4.68. The van der Waals surface area contributed by atoms with Crippen molar-refractivity contribution in [3.8, 4) is 6.07 Å². The third kappa shape index (κ3) is 6.44. The summed E-state index contributed by atoms with van der Waals surface area (Å²) < 4.78 is 5.07. The van der Waals surface area contributed by atoms with Crippen LogP contribution in [0.5, 0.6) is 0 Å². The van der Waals surface area contributed by atoms with E-state index in [-0.39, 0.29) is 12.5 Å². The molecule has 0 atom stereocenters. The molecule has 0 aliphatic rings. The van der Waals surface area contributed by atoms with Crippen molar-refractivity contribution in [1.82, 2.24) is 5.32 Å². The Hall–Kier alpha value is -1.08. The maximum absolute atomic E-state index is 11.2. The Kier molecular flexibility index (Phi) is 4.08. The maximum Gasteiger partial charge on any atom is 0.320 e. The Labute approximate surface area is 85.2 Å². The zero-order valence-corrected chi connectivity index (χ0v) is 9.47. The molecule has 4 nitrogen and oxygen atoms in total. The van der Waals surface area contributed by atoms with Crippen molar-refractivity contribution in [3.05, 3.63) is 0 Å². The van der Waals surface area contributed by atoms with Gasteiger partial charge in [-0.15, -0.1) is 0 Å². The molecule has 4 heteroatoms. The number of carbonyl (C=O) groups is 1. The molecule has 0 saturated carbocycles. The highest BCUT2D eigenvalue weighted by atomic mass is 16.6. The van der Waals surface area contributed by atoms with Gasteiger partial charge in [0, 0.05) is 0 Å². The third-order valence-electron chi connectivity index (χ3n) is 1.37. The van der Waals surface area contributed by atoms with E-state index in [1.54, 1.807) is 34.6 Å². The average Bonchev–Trinajstić information content (AvgIpc) is 1.98. The molecule has 0 aromatic heterocycles. The lowest BCUT2D eigenvalue weighted by Crippen LogP contribution is -2.42. The summed E-state index contributed by atoms with van der Waals surface area (Å²) in [5, 5.41) is 11.5. The van der Waals surface area contributed by atoms with Crippen molar-refractivity contribution in [2.75, 3.05) is 6.54 Å². The van der Waals surface area contributed by atoms with E-state index in [0.29, 0.717) is 0 Å². The molecule has 0 saturated heterocycles. The van der Waals surface area contributed by atoms with E-state index in [9.17, 15) is 4.79 Å². The van der Waals surface area contributed by atoms with E-state index < -0.39 is 11.1 Å². The molecule has 0 spiro atoms. The fourth-order valence-electron chi connectivity index (χ4n) is 0.710. The zero-order chi connectivity index (χ0) is 11.4. The Morgan fingerprint density at radius 1 is 1.36 bits per heavy atom. The molecular formula is C10H18N2O2. The van der Waals surface area contributed by atoms with Crippen molar-refractivity contribution in [2.24, 2.45) is 0 Å². The number of nitriles is 1. The fraction of sp³-hybridized carbons (Fsp3) is 0.800. The number of carbonyl (C=O) groups excluding carboxylic acids is 1. The fourth-order valence-corrected chi connectivity index (χ4v) is 0.710. The summed E-state index contributed by atoms with van der Waals surface area (Å²) in [4.78, 5) is 11.2. The number of ether oxygens (including phenoxy) is 1. The van der Waals surface area contributed by atoms with Gasteiger partial charge in [0.25, 0.3) is 0 Å². The molecule has 0 aliphatic heterocycles. The van der Waals surface area contributed by atoms with Crippen LogP contribution < -0.4 is 5.32 Å². The first kappa shape index (κ1) is 12.9. The minimum atomic E-state index is -0.698. The number of esters is 1. The van der Waals surface area contributed by atoms with Crippen LogP contribution in [0.2, 0.25) is 0 Å². The van der Waals surface area contributed by atoms with Gasteiger partial charge in [0.15, 0.2) is 0 Å². The summed E-state index contributed by atoms with van der Waals surface area (Å²) in [6, 6.07) is 2.04. The van der Waals surface area contributed by atoms with Crippen molar-refractivity contribution < 1.29 is 9.53 Å². The molecule has 0 aliphatic carbocycles. The van der Waals surface area contributed by atoms with E-state index in [0.717, 1.165) is 0 Å². The quantitative estimate of drug-likeness (QED) is 0.692. The maximum atomic E-state index is 11.2. The molecule has 1 N–H and O–H groups in total. The summed E-state index contributed by atoms with van der Waals surface area (Å²) in [5.74, 6) is -0.346. The van der Waals surface area contributed by atoms with Crippen LogP contribution >= 0.6 is 0 Å². The summed E-state index contributed by atoms with van der Waals surface area (Å²) in [7, 11) is 0. The van der Waals surface area contributed by atoms with Gasteiger partial charge in [-0.1, -0.05) is 0 Å². The van der Waals surface area contributed by atoms with Gasteiger partial charge < -0.3 is 4.74 Å². The molecule has 0 aromatic rings. The minimum absolute atomic E-state index is 0.0534. The Bertz CT molecular complexity index is 246. The molecule has 0 aromatic carbocycles. The lowest BCUT2D eigenvalue weighted by Gasteiger charge is -2.22. The average molecular weight is 198 g/mol. The normalized spacial score (nSPS) is 12.0. The minimum Gasteiger partial charge on any atom is -0.459 e. The van der Waals surface area contributed by atoms with Crippen LogP contribution in [0.25, 0.3) is 0 Å². The first-order valence-corrected chi connectivity index (χ1v) is 4.54. The second kappa shape index (κ2) is 4.43. The lowest BCUT2D eigenvalue weighted by molar-refractivity contribution is -0.153. The summed E-state index contributed by atoms with van der Waals surface area (Å²) >= 11 is 0. The number of nitrogens with one attached hydrogen (secondary N) is 1. The van der Waals surface area contributed by atoms with Gasteiger partial charge in [0.1, 0.15) is 11.1 Å². The molecule has 0 amide bonds. The predicted molar refractivity (Wildman–Crippen MR) is 53.5 cm³/mol. The Morgan fingerprint density at radius 2 is 1.86 bits per heavy atom. The highest BCUT2D eigenvalue weighted by Crippen LogP contribution is 2.07. The smallest absolute Gasteiger partial charge is 0.320 e. The van der Waals surface area contributed by atoms with E-state index in [2.05, 4.69) is 5.32 Å². The highest BCUT2D eigenvalue weighted by molar-refractivity contribution is 5.72. The molecule has 14 heavy (non-hydrogen) atoms. The number of nitrogens with zero attached hydrogens (tertiary/aromatic N) is 1. The Morgan fingerprint density at radius 3 is 2.21 bits per heavy atom. The van der Waals surface area contributed by atoms with Gasteiger partial charge in [-0.25, -0.2) is 0 Å². The van der Waals surface area contributed by atoms with Crippen LogP contribution in [0, 0.1) is 11.3 Å². The molecule has 0 unspecified atom stereocenters. The monoisotopic (exact) mass is 198 g/mol. The SMILES string of the molecule is CC(C)(C#N)NCC(=O)OC(C)(C)C. The molecule has 80 valence electrons.